The first-order valence-corrected chi connectivity index (χ1v) is 18.8. The van der Waals surface area contributed by atoms with E-state index in [0.717, 1.165) is 87.7 Å². The maximum Gasteiger partial charge on any atom is 0.164 e. The van der Waals surface area contributed by atoms with Crippen molar-refractivity contribution in [1.29, 1.82) is 0 Å². The topological polar surface area (TPSA) is 65.0 Å². The molecule has 0 amide bonds. The van der Waals surface area contributed by atoms with Crippen LogP contribution in [0.1, 0.15) is 0 Å². The minimum absolute atomic E-state index is 0.569. The predicted molar refractivity (Wildman–Crippen MR) is 229 cm³/mol. The maximum atomic E-state index is 6.60. The highest BCUT2D eigenvalue weighted by molar-refractivity contribution is 6.22. The van der Waals surface area contributed by atoms with E-state index in [1.54, 1.807) is 0 Å². The van der Waals surface area contributed by atoms with E-state index in [0.29, 0.717) is 17.5 Å². The Kier molecular flexibility index (Phi) is 6.56. The molecule has 9 aromatic carbocycles. The number of fused-ring (bicyclic) bond motifs is 11. The summed E-state index contributed by atoms with van der Waals surface area (Å²) < 4.78 is 13.2. The van der Waals surface area contributed by atoms with Gasteiger partial charge in [0.15, 0.2) is 17.5 Å². The molecule has 12 rings (SSSR count). The highest BCUT2D eigenvalue weighted by Crippen LogP contribution is 2.43. The summed E-state index contributed by atoms with van der Waals surface area (Å²) in [5, 5.41) is 10.6. The van der Waals surface area contributed by atoms with Gasteiger partial charge in [-0.05, 0) is 56.9 Å². The van der Waals surface area contributed by atoms with Gasteiger partial charge in [0, 0.05) is 49.0 Å². The van der Waals surface area contributed by atoms with Crippen LogP contribution in [0.3, 0.4) is 0 Å². The first-order chi connectivity index (χ1) is 27.7. The minimum Gasteiger partial charge on any atom is -0.455 e. The van der Waals surface area contributed by atoms with E-state index < -0.39 is 0 Å². The Morgan fingerprint density at radius 3 is 1.30 bits per heavy atom. The number of nitrogens with zero attached hydrogens (tertiary/aromatic N) is 3. The molecule has 3 heterocycles. The van der Waals surface area contributed by atoms with Gasteiger partial charge < -0.3 is 8.83 Å². The van der Waals surface area contributed by atoms with Gasteiger partial charge in [0.1, 0.15) is 22.3 Å². The monoisotopic (exact) mass is 715 g/mol. The fraction of sp³-hybridized carbons (Fsp3) is 0. The third-order valence-electron chi connectivity index (χ3n) is 11.1. The van der Waals surface area contributed by atoms with Gasteiger partial charge in [-0.25, -0.2) is 15.0 Å². The van der Waals surface area contributed by atoms with Crippen molar-refractivity contribution in [2.75, 3.05) is 0 Å². The van der Waals surface area contributed by atoms with Gasteiger partial charge in [0.25, 0.3) is 0 Å². The lowest BCUT2D eigenvalue weighted by Gasteiger charge is -2.12. The lowest BCUT2D eigenvalue weighted by molar-refractivity contribution is 0.672. The van der Waals surface area contributed by atoms with Crippen LogP contribution in [0.2, 0.25) is 0 Å². The molecule has 0 saturated carbocycles. The normalized spacial score (nSPS) is 11.9. The Morgan fingerprint density at radius 1 is 0.304 bits per heavy atom. The summed E-state index contributed by atoms with van der Waals surface area (Å²) in [6.45, 7) is 0. The Labute approximate surface area is 320 Å². The molecule has 0 radical (unpaired) electrons. The summed E-state index contributed by atoms with van der Waals surface area (Å²) in [5.74, 6) is 1.72. The van der Waals surface area contributed by atoms with E-state index in [2.05, 4.69) is 140 Å². The Morgan fingerprint density at radius 2 is 0.732 bits per heavy atom. The third-order valence-corrected chi connectivity index (χ3v) is 11.1. The van der Waals surface area contributed by atoms with Crippen molar-refractivity contribution in [3.63, 3.8) is 0 Å². The third kappa shape index (κ3) is 4.64. The summed E-state index contributed by atoms with van der Waals surface area (Å²) in [4.78, 5) is 16.0. The number of rotatable bonds is 4. The zero-order chi connectivity index (χ0) is 36.7. The smallest absolute Gasteiger partial charge is 0.164 e. The average Bonchev–Trinajstić information content (AvgIpc) is 3.86. The number of benzene rings is 9. The van der Waals surface area contributed by atoms with Crippen molar-refractivity contribution in [3.05, 3.63) is 176 Å². The molecule has 0 spiro atoms. The zero-order valence-corrected chi connectivity index (χ0v) is 29.9. The van der Waals surface area contributed by atoms with Crippen LogP contribution >= 0.6 is 0 Å². The van der Waals surface area contributed by atoms with Gasteiger partial charge in [-0.15, -0.1) is 0 Å². The van der Waals surface area contributed by atoms with Gasteiger partial charge in [-0.3, -0.25) is 0 Å². The van der Waals surface area contributed by atoms with Crippen molar-refractivity contribution >= 4 is 76.2 Å². The van der Waals surface area contributed by atoms with Crippen LogP contribution < -0.4 is 0 Å². The Hall–Kier alpha value is -7.63. The summed E-state index contributed by atoms with van der Waals surface area (Å²) in [6, 6.07) is 60.9. The van der Waals surface area contributed by atoms with E-state index in [1.165, 1.54) is 16.3 Å². The van der Waals surface area contributed by atoms with Gasteiger partial charge in [-0.1, -0.05) is 152 Å². The van der Waals surface area contributed by atoms with Crippen LogP contribution in [0.15, 0.2) is 185 Å². The molecule has 0 aliphatic carbocycles. The summed E-state index contributed by atoms with van der Waals surface area (Å²) >= 11 is 0. The Balaban J connectivity index is 1.15. The molecule has 260 valence electrons. The van der Waals surface area contributed by atoms with Crippen LogP contribution in [0.4, 0.5) is 0 Å². The van der Waals surface area contributed by atoms with E-state index >= 15 is 0 Å². The number of hydrogen-bond donors (Lipinski definition) is 0. The van der Waals surface area contributed by atoms with E-state index in [1.807, 2.05) is 36.4 Å². The summed E-state index contributed by atoms with van der Waals surface area (Å²) in [5.41, 5.74) is 8.24. The molecular weight excluding hydrogens is 687 g/mol. The fourth-order valence-electron chi connectivity index (χ4n) is 8.49. The number of hydrogen-bond acceptors (Lipinski definition) is 5. The molecule has 0 bridgehead atoms. The average molecular weight is 716 g/mol. The molecule has 56 heavy (non-hydrogen) atoms. The van der Waals surface area contributed by atoms with Gasteiger partial charge in [0.2, 0.25) is 0 Å². The van der Waals surface area contributed by atoms with Crippen molar-refractivity contribution in [2.24, 2.45) is 0 Å². The van der Waals surface area contributed by atoms with Crippen LogP contribution in [0.25, 0.3) is 121 Å². The molecule has 0 aliphatic heterocycles. The molecule has 3 aromatic heterocycles. The van der Waals surface area contributed by atoms with Crippen LogP contribution in [0, 0.1) is 0 Å². The Bertz CT molecular complexity index is 3370. The molecule has 0 saturated heterocycles. The molecule has 0 N–H and O–H groups in total. The minimum atomic E-state index is 0.569. The molecular formula is C51H29N3O2. The standard InChI is InChI=1S/C51H29N3O2/c1-4-16-35-30(12-1)15-11-21-36(35)31-24-26-32(27-25-31)49-52-50(41-28-33-13-2-5-17-37(33)47-45(41)39-19-7-9-22-43(39)55-47)54-51(53-49)42-29-34-14-3-6-18-38(34)48-46(42)40-20-8-10-23-44(40)56-48/h1-29H. The molecule has 5 nitrogen and oxygen atoms in total. The summed E-state index contributed by atoms with van der Waals surface area (Å²) in [7, 11) is 0. The van der Waals surface area contributed by atoms with Crippen molar-refractivity contribution in [1.82, 2.24) is 15.0 Å². The number of para-hydroxylation sites is 2. The van der Waals surface area contributed by atoms with Crippen LogP contribution in [-0.4, -0.2) is 15.0 Å². The first kappa shape index (κ1) is 30.8. The van der Waals surface area contributed by atoms with Crippen LogP contribution in [-0.2, 0) is 0 Å². The first-order valence-electron chi connectivity index (χ1n) is 18.8. The summed E-state index contributed by atoms with van der Waals surface area (Å²) in [6.07, 6.45) is 0. The van der Waals surface area contributed by atoms with Gasteiger partial charge >= 0.3 is 0 Å². The quantitative estimate of drug-likeness (QED) is 0.181. The largest absolute Gasteiger partial charge is 0.455 e. The van der Waals surface area contributed by atoms with Crippen molar-refractivity contribution in [3.8, 4) is 45.3 Å². The second-order valence-electron chi connectivity index (χ2n) is 14.3. The molecule has 5 heteroatoms. The van der Waals surface area contributed by atoms with Crippen LogP contribution in [0.5, 0.6) is 0 Å². The highest BCUT2D eigenvalue weighted by atomic mass is 16.3. The van der Waals surface area contributed by atoms with E-state index in [4.69, 9.17) is 23.8 Å². The van der Waals surface area contributed by atoms with E-state index in [9.17, 15) is 0 Å². The van der Waals surface area contributed by atoms with Gasteiger partial charge in [-0.2, -0.15) is 0 Å². The number of aromatic nitrogens is 3. The lowest BCUT2D eigenvalue weighted by Crippen LogP contribution is -2.01. The highest BCUT2D eigenvalue weighted by Gasteiger charge is 2.23. The molecule has 0 atom stereocenters. The van der Waals surface area contributed by atoms with Crippen molar-refractivity contribution < 1.29 is 8.83 Å². The zero-order valence-electron chi connectivity index (χ0n) is 29.9. The van der Waals surface area contributed by atoms with Gasteiger partial charge in [0.05, 0.1) is 0 Å². The van der Waals surface area contributed by atoms with Crippen molar-refractivity contribution in [2.45, 2.75) is 0 Å². The second kappa shape index (κ2) is 11.9. The molecule has 12 aromatic rings. The molecule has 0 aliphatic rings. The second-order valence-corrected chi connectivity index (χ2v) is 14.3. The lowest BCUT2D eigenvalue weighted by atomic mass is 9.97. The molecule has 0 fully saturated rings. The number of furan rings is 2. The predicted octanol–water partition coefficient (Wildman–Crippen LogP) is 13.8. The molecule has 0 unspecified atom stereocenters. The SMILES string of the molecule is c1ccc2c(-c3ccc(-c4nc(-c5cc6ccccc6c6oc7ccccc7c56)nc(-c5cc6ccccc6c6oc7ccccc7c56)n4)cc3)cccc2c1. The fourth-order valence-corrected chi connectivity index (χ4v) is 8.49. The maximum absolute atomic E-state index is 6.60. The van der Waals surface area contributed by atoms with E-state index in [-0.39, 0.29) is 0 Å².